The third-order valence-corrected chi connectivity index (χ3v) is 5.95. The molecule has 4 rings (SSSR count). The van der Waals surface area contributed by atoms with Crippen molar-refractivity contribution in [3.8, 4) is 0 Å². The molecule has 0 radical (unpaired) electrons. The average Bonchev–Trinajstić information content (AvgIpc) is 3.09. The van der Waals surface area contributed by atoms with Gasteiger partial charge < -0.3 is 4.90 Å². The summed E-state index contributed by atoms with van der Waals surface area (Å²) in [5.74, 6) is -6.26. The molecule has 0 aromatic heterocycles. The van der Waals surface area contributed by atoms with E-state index in [1.807, 2.05) is 0 Å². The van der Waals surface area contributed by atoms with Crippen molar-refractivity contribution in [2.45, 2.75) is 44.2 Å². The third kappa shape index (κ3) is 4.14. The highest BCUT2D eigenvalue weighted by molar-refractivity contribution is 6.30. The molecular weight excluding hydrogens is 442 g/mol. The van der Waals surface area contributed by atoms with Crippen LogP contribution in [0.5, 0.6) is 0 Å². The van der Waals surface area contributed by atoms with Gasteiger partial charge in [0.1, 0.15) is 6.04 Å². The molecule has 2 aromatic carbocycles. The zero-order chi connectivity index (χ0) is 23.9. The number of amides is 3. The molecule has 2 aromatic rings. The Hall–Kier alpha value is -3.13. The molecule has 1 N–H and O–H groups in total. The number of aryl methyl sites for hydroxylation is 1. The van der Waals surface area contributed by atoms with E-state index in [0.29, 0.717) is 16.7 Å². The van der Waals surface area contributed by atoms with Gasteiger partial charge in [-0.2, -0.15) is 8.78 Å². The largest absolute Gasteiger partial charge is 0.330 e. The van der Waals surface area contributed by atoms with E-state index in [1.54, 1.807) is 18.2 Å². The Morgan fingerprint density at radius 2 is 2.00 bits per heavy atom. The van der Waals surface area contributed by atoms with E-state index in [9.17, 15) is 28.0 Å². The molecule has 0 spiro atoms. The van der Waals surface area contributed by atoms with Gasteiger partial charge in [-0.05, 0) is 42.1 Å². The van der Waals surface area contributed by atoms with Crippen molar-refractivity contribution in [2.75, 3.05) is 0 Å². The van der Waals surface area contributed by atoms with Crippen LogP contribution in [0.25, 0.3) is 0 Å². The zero-order valence-corrected chi connectivity index (χ0v) is 17.5. The predicted molar refractivity (Wildman–Crippen MR) is 111 cm³/mol. The van der Waals surface area contributed by atoms with E-state index in [0.717, 1.165) is 18.2 Å². The Morgan fingerprint density at radius 1 is 1.22 bits per heavy atom. The van der Waals surface area contributed by atoms with E-state index in [1.165, 1.54) is 4.90 Å². The second kappa shape index (κ2) is 8.43. The molecule has 166 valence electrons. The van der Waals surface area contributed by atoms with Crippen LogP contribution in [-0.2, 0) is 33.3 Å². The predicted octanol–water partition coefficient (Wildman–Crippen LogP) is 3.39. The summed E-state index contributed by atoms with van der Waals surface area (Å²) in [7, 11) is 0. The number of benzene rings is 2. The van der Waals surface area contributed by atoms with Gasteiger partial charge in [0, 0.05) is 35.5 Å². The average molecular weight is 462 g/mol. The number of ketones is 1. The summed E-state index contributed by atoms with van der Waals surface area (Å²) in [5, 5.41) is 2.25. The number of carbonyl (C=O) groups excluding carboxylic acids is 4. The molecule has 1 atom stereocenters. The molecule has 1 saturated heterocycles. The number of rotatable bonds is 6. The number of nitrogens with zero attached hydrogens (tertiary/aromatic N) is 1. The molecule has 1 fully saturated rings. The highest BCUT2D eigenvalue weighted by Crippen LogP contribution is 2.32. The Balaban J connectivity index is 1.44. The van der Waals surface area contributed by atoms with Gasteiger partial charge in [-0.3, -0.25) is 24.5 Å². The van der Waals surface area contributed by atoms with Crippen molar-refractivity contribution < 1.29 is 29.3 Å². The van der Waals surface area contributed by atoms with Gasteiger partial charge in [-0.15, -0.1) is 0 Å². The molecular formula is C23H19ClF2N2O4. The van der Waals surface area contributed by atoms with Crippen LogP contribution in [0.15, 0.2) is 42.4 Å². The van der Waals surface area contributed by atoms with Gasteiger partial charge in [-0.25, -0.2) is 0 Å². The van der Waals surface area contributed by atoms with Crippen molar-refractivity contribution in [1.29, 1.82) is 0 Å². The first-order chi connectivity index (χ1) is 15.6. The van der Waals surface area contributed by atoms with Crippen molar-refractivity contribution in [2.24, 2.45) is 0 Å². The Labute approximate surface area is 188 Å². The van der Waals surface area contributed by atoms with Gasteiger partial charge in [-0.1, -0.05) is 35.9 Å². The fourth-order valence-electron chi connectivity index (χ4n) is 3.96. The molecule has 0 aliphatic carbocycles. The highest BCUT2D eigenvalue weighted by atomic mass is 35.5. The standard InChI is InChI=1S/C23H19ClF2N2O4/c24-16-5-3-15(4-6-16)23(25,26)19(29)9-2-13-1-7-17-14(11-13)12-28(22(17)32)18-8-10-20(30)27-21(18)31/h1,3-7,11,18H,2,8-10,12H2,(H,27,30,31)/i5D. The summed E-state index contributed by atoms with van der Waals surface area (Å²) in [6, 6.07) is 6.88. The summed E-state index contributed by atoms with van der Waals surface area (Å²) in [6.07, 6.45) is -0.0127. The molecule has 0 saturated carbocycles. The Bertz CT molecular complexity index is 1190. The third-order valence-electron chi connectivity index (χ3n) is 5.72. The molecule has 2 heterocycles. The molecule has 2 aliphatic rings. The molecule has 3 amide bonds. The first-order valence-corrected chi connectivity index (χ1v) is 10.4. The summed E-state index contributed by atoms with van der Waals surface area (Å²) in [5.41, 5.74) is 1.07. The monoisotopic (exact) mass is 461 g/mol. The first kappa shape index (κ1) is 20.8. The number of fused-ring (bicyclic) bond motifs is 1. The fourth-order valence-corrected chi connectivity index (χ4v) is 4.08. The van der Waals surface area contributed by atoms with E-state index in [4.69, 9.17) is 13.0 Å². The lowest BCUT2D eigenvalue weighted by Gasteiger charge is -2.29. The number of alkyl halides is 2. The lowest BCUT2D eigenvalue weighted by molar-refractivity contribution is -0.144. The Morgan fingerprint density at radius 3 is 2.72 bits per heavy atom. The quantitative estimate of drug-likeness (QED) is 0.668. The molecule has 2 aliphatic heterocycles. The van der Waals surface area contributed by atoms with Crippen LogP contribution in [0.1, 0.15) is 47.7 Å². The number of halogens is 3. The highest BCUT2D eigenvalue weighted by Gasteiger charge is 2.41. The summed E-state index contributed by atoms with van der Waals surface area (Å²) in [6.45, 7) is 0.162. The first-order valence-electron chi connectivity index (χ1n) is 10.5. The topological polar surface area (TPSA) is 83.6 Å². The van der Waals surface area contributed by atoms with E-state index in [2.05, 4.69) is 5.32 Å². The van der Waals surface area contributed by atoms with E-state index in [-0.39, 0.29) is 48.7 Å². The van der Waals surface area contributed by atoms with Crippen molar-refractivity contribution in [3.63, 3.8) is 0 Å². The van der Waals surface area contributed by atoms with Crippen LogP contribution >= 0.6 is 11.6 Å². The van der Waals surface area contributed by atoms with Crippen LogP contribution in [0.2, 0.25) is 5.02 Å². The maximum Gasteiger partial charge on any atom is 0.330 e. The van der Waals surface area contributed by atoms with E-state index >= 15 is 0 Å². The summed E-state index contributed by atoms with van der Waals surface area (Å²) in [4.78, 5) is 49.9. The molecule has 0 bridgehead atoms. The second-order valence-corrected chi connectivity index (χ2v) is 8.22. The number of carbonyl (C=O) groups is 4. The minimum absolute atomic E-state index is 0.0149. The molecule has 1 unspecified atom stereocenters. The molecule has 6 nitrogen and oxygen atoms in total. The van der Waals surface area contributed by atoms with Crippen LogP contribution in [0.3, 0.4) is 0 Å². The van der Waals surface area contributed by atoms with E-state index < -0.39 is 35.6 Å². The summed E-state index contributed by atoms with van der Waals surface area (Å²) >= 11 is 5.70. The van der Waals surface area contributed by atoms with Crippen LogP contribution < -0.4 is 5.32 Å². The second-order valence-electron chi connectivity index (χ2n) is 7.81. The lowest BCUT2D eigenvalue weighted by Crippen LogP contribution is -2.52. The van der Waals surface area contributed by atoms with Gasteiger partial charge in [0.05, 0.1) is 1.37 Å². The minimum Gasteiger partial charge on any atom is -0.322 e. The van der Waals surface area contributed by atoms with Crippen LogP contribution in [0.4, 0.5) is 8.78 Å². The number of hydrogen-bond acceptors (Lipinski definition) is 4. The van der Waals surface area contributed by atoms with Gasteiger partial charge in [0.15, 0.2) is 0 Å². The van der Waals surface area contributed by atoms with Crippen LogP contribution in [0, 0.1) is 0 Å². The van der Waals surface area contributed by atoms with Crippen molar-refractivity contribution in [3.05, 3.63) is 69.7 Å². The van der Waals surface area contributed by atoms with Gasteiger partial charge in [0.25, 0.3) is 5.91 Å². The fraction of sp³-hybridized carbons (Fsp3) is 0.304. The number of hydrogen-bond donors (Lipinski definition) is 1. The van der Waals surface area contributed by atoms with Crippen molar-refractivity contribution >= 4 is 35.1 Å². The zero-order valence-electron chi connectivity index (χ0n) is 17.8. The number of piperidine rings is 1. The molecule has 9 heteroatoms. The van der Waals surface area contributed by atoms with Gasteiger partial charge >= 0.3 is 5.92 Å². The number of Topliss-reactive ketones (excluding diaryl/α,β-unsaturated/α-hetero) is 1. The smallest absolute Gasteiger partial charge is 0.322 e. The van der Waals surface area contributed by atoms with Crippen LogP contribution in [-0.4, -0.2) is 34.4 Å². The number of nitrogens with one attached hydrogen (secondary N) is 1. The molecule has 32 heavy (non-hydrogen) atoms. The normalized spacial score (nSPS) is 19.0. The maximum atomic E-state index is 14.6. The Kier molecular flexibility index (Phi) is 5.46. The lowest BCUT2D eigenvalue weighted by atomic mass is 9.97. The summed E-state index contributed by atoms with van der Waals surface area (Å²) < 4.78 is 36.7. The van der Waals surface area contributed by atoms with Gasteiger partial charge in [0.2, 0.25) is 17.6 Å². The minimum atomic E-state index is -3.75. The van der Waals surface area contributed by atoms with Crippen molar-refractivity contribution in [1.82, 2.24) is 10.2 Å². The maximum absolute atomic E-state index is 14.6. The SMILES string of the molecule is [2H]c1cc(C(F)(F)C(=O)CCc2ccc3c(c2)CN(C2CCC(=O)NC2=O)C3=O)ccc1Cl. The number of imide groups is 1.